The number of esters is 1. The Morgan fingerprint density at radius 1 is 0.973 bits per heavy atom. The van der Waals surface area contributed by atoms with Gasteiger partial charge in [-0.3, -0.25) is 4.79 Å². The molecule has 0 aromatic heterocycles. The van der Waals surface area contributed by atoms with Gasteiger partial charge in [0.1, 0.15) is 0 Å². The summed E-state index contributed by atoms with van der Waals surface area (Å²) in [6.07, 6.45) is 3.82. The minimum Gasteiger partial charge on any atom is -0.502 e. The van der Waals surface area contributed by atoms with Crippen LogP contribution in [0, 0.1) is 11.8 Å². The van der Waals surface area contributed by atoms with E-state index in [0.29, 0.717) is 29.6 Å². The van der Waals surface area contributed by atoms with Gasteiger partial charge >= 0.3 is 5.97 Å². The van der Waals surface area contributed by atoms with Crippen molar-refractivity contribution in [3.05, 3.63) is 41.0 Å². The zero-order valence-electron chi connectivity index (χ0n) is 21.3. The molecule has 4 atom stereocenters. The first-order valence-electron chi connectivity index (χ1n) is 13.1. The number of fused-ring (bicyclic) bond motifs is 3. The van der Waals surface area contributed by atoms with E-state index < -0.39 is 5.92 Å². The molecule has 0 amide bonds. The number of hydrogen-bond acceptors (Lipinski definition) is 9. The Kier molecular flexibility index (Phi) is 6.50. The lowest BCUT2D eigenvalue weighted by molar-refractivity contribution is -0.141. The first kappa shape index (κ1) is 24.2. The highest BCUT2D eigenvalue weighted by Gasteiger charge is 2.52. The largest absolute Gasteiger partial charge is 0.502 e. The molecule has 0 spiro atoms. The summed E-state index contributed by atoms with van der Waals surface area (Å²) in [7, 11) is 3.00. The molecule has 2 fully saturated rings. The van der Waals surface area contributed by atoms with Crippen molar-refractivity contribution < 1.29 is 33.6 Å². The predicted octanol–water partition coefficient (Wildman–Crippen LogP) is 3.19. The Hall–Kier alpha value is -3.17. The van der Waals surface area contributed by atoms with Gasteiger partial charge < -0.3 is 39.0 Å². The van der Waals surface area contributed by atoms with Crippen molar-refractivity contribution in [3.8, 4) is 28.7 Å². The van der Waals surface area contributed by atoms with Crippen molar-refractivity contribution >= 4 is 5.97 Å². The third kappa shape index (κ3) is 4.24. The fourth-order valence-corrected chi connectivity index (χ4v) is 6.48. The average Bonchev–Trinajstić information content (AvgIpc) is 3.54. The van der Waals surface area contributed by atoms with E-state index in [-0.39, 0.29) is 36.4 Å². The molecule has 3 aliphatic heterocycles. The van der Waals surface area contributed by atoms with E-state index in [4.69, 9.17) is 23.7 Å². The number of ether oxygens (including phenoxy) is 5. The molecule has 2 aromatic rings. The Bertz CT molecular complexity index is 1150. The van der Waals surface area contributed by atoms with Crippen LogP contribution in [-0.2, 0) is 9.53 Å². The van der Waals surface area contributed by atoms with Crippen LogP contribution in [-0.4, -0.2) is 69.8 Å². The first-order valence-corrected chi connectivity index (χ1v) is 13.1. The third-order valence-corrected chi connectivity index (χ3v) is 8.29. The van der Waals surface area contributed by atoms with E-state index >= 15 is 0 Å². The van der Waals surface area contributed by atoms with Crippen LogP contribution in [0.5, 0.6) is 28.7 Å². The number of methoxy groups -OCH3 is 2. The smallest absolute Gasteiger partial charge is 0.310 e. The normalized spacial score (nSPS) is 26.4. The number of phenolic OH excluding ortho intramolecular Hbond substituents is 1. The number of nitrogens with zero attached hydrogens (tertiary/aromatic N) is 1. The average molecular weight is 511 g/mol. The number of phenols is 1. The quantitative estimate of drug-likeness (QED) is 0.544. The number of likely N-dealkylation sites (tertiary alicyclic amines) is 1. The summed E-state index contributed by atoms with van der Waals surface area (Å²) >= 11 is 0. The maximum atomic E-state index is 13.3. The lowest BCUT2D eigenvalue weighted by Gasteiger charge is -2.40. The molecule has 0 saturated carbocycles. The van der Waals surface area contributed by atoms with Gasteiger partial charge in [0.2, 0.25) is 12.5 Å². The Labute approximate surface area is 216 Å². The summed E-state index contributed by atoms with van der Waals surface area (Å²) in [5.41, 5.74) is 2.88. The lowest BCUT2D eigenvalue weighted by Crippen LogP contribution is -2.43. The summed E-state index contributed by atoms with van der Waals surface area (Å²) in [6, 6.07) is 7.54. The SMILES string of the molecule is COc1cc([C@@H]2c3cc4c(cc3[C@@H](NCCN3CCCCC3)[C@H]3COC(=O)[C@H]23)OCO4)cc(OC)c1O. The Morgan fingerprint density at radius 3 is 2.32 bits per heavy atom. The molecule has 3 heterocycles. The van der Waals surface area contributed by atoms with Crippen molar-refractivity contribution in [2.75, 3.05) is 53.8 Å². The highest BCUT2D eigenvalue weighted by molar-refractivity contribution is 5.79. The molecule has 9 heteroatoms. The van der Waals surface area contributed by atoms with E-state index in [0.717, 1.165) is 42.9 Å². The summed E-state index contributed by atoms with van der Waals surface area (Å²) < 4.78 is 28.1. The van der Waals surface area contributed by atoms with Gasteiger partial charge in [0.05, 0.1) is 26.7 Å². The molecule has 0 bridgehead atoms. The molecule has 2 saturated heterocycles. The third-order valence-electron chi connectivity index (χ3n) is 8.29. The number of rotatable bonds is 7. The minimum absolute atomic E-state index is 0.0579. The van der Waals surface area contributed by atoms with Gasteiger partial charge in [-0.1, -0.05) is 6.42 Å². The standard InChI is InChI=1S/C28H34N2O7/c1-33-22-10-16(11-23(34-2)27(22)31)24-17-12-20-21(37-15-36-20)13-18(17)26(19-14-35-28(32)25(19)24)29-6-9-30-7-4-3-5-8-30/h10-13,19,24-26,29,31H,3-9,14-15H2,1-2H3/t19-,24+,25-,26+/m0/s1. The fraction of sp³-hybridized carbons (Fsp3) is 0.536. The summed E-state index contributed by atoms with van der Waals surface area (Å²) in [5.74, 6) is 0.890. The van der Waals surface area contributed by atoms with Crippen molar-refractivity contribution in [3.63, 3.8) is 0 Å². The van der Waals surface area contributed by atoms with Gasteiger partial charge in [-0.05, 0) is 66.9 Å². The number of piperidine rings is 1. The number of aromatic hydroxyl groups is 1. The number of carbonyl (C=O) groups is 1. The fourth-order valence-electron chi connectivity index (χ4n) is 6.48. The van der Waals surface area contributed by atoms with E-state index in [1.54, 1.807) is 12.1 Å². The number of benzene rings is 2. The molecule has 2 N–H and O–H groups in total. The molecule has 6 rings (SSSR count). The van der Waals surface area contributed by atoms with Crippen LogP contribution >= 0.6 is 0 Å². The van der Waals surface area contributed by atoms with Gasteiger partial charge in [-0.25, -0.2) is 0 Å². The molecule has 2 aromatic carbocycles. The van der Waals surface area contributed by atoms with Crippen molar-refractivity contribution in [2.45, 2.75) is 31.2 Å². The number of carbonyl (C=O) groups excluding carboxylic acids is 1. The second-order valence-corrected chi connectivity index (χ2v) is 10.2. The topological polar surface area (TPSA) is 98.7 Å². The van der Waals surface area contributed by atoms with Crippen LogP contribution < -0.4 is 24.3 Å². The van der Waals surface area contributed by atoms with Crippen LogP contribution in [0.1, 0.15) is 47.9 Å². The molecule has 1 aliphatic carbocycles. The van der Waals surface area contributed by atoms with Gasteiger partial charge in [0.15, 0.2) is 23.0 Å². The van der Waals surface area contributed by atoms with Gasteiger partial charge in [0, 0.05) is 31.0 Å². The highest BCUT2D eigenvalue weighted by atomic mass is 16.7. The van der Waals surface area contributed by atoms with Crippen molar-refractivity contribution in [1.29, 1.82) is 0 Å². The van der Waals surface area contributed by atoms with Crippen LogP contribution in [0.4, 0.5) is 0 Å². The molecular weight excluding hydrogens is 476 g/mol. The Balaban J connectivity index is 1.42. The second-order valence-electron chi connectivity index (χ2n) is 10.2. The van der Waals surface area contributed by atoms with E-state index in [2.05, 4.69) is 16.3 Å². The van der Waals surface area contributed by atoms with E-state index in [9.17, 15) is 9.90 Å². The van der Waals surface area contributed by atoms with Crippen molar-refractivity contribution in [1.82, 2.24) is 10.2 Å². The lowest BCUT2D eigenvalue weighted by atomic mass is 9.65. The zero-order valence-corrected chi connectivity index (χ0v) is 21.3. The molecule has 4 aliphatic rings. The zero-order chi connectivity index (χ0) is 25.5. The maximum Gasteiger partial charge on any atom is 0.310 e. The number of hydrogen-bond donors (Lipinski definition) is 2. The van der Waals surface area contributed by atoms with Crippen LogP contribution in [0.2, 0.25) is 0 Å². The predicted molar refractivity (Wildman–Crippen MR) is 135 cm³/mol. The monoisotopic (exact) mass is 510 g/mol. The molecule has 37 heavy (non-hydrogen) atoms. The number of cyclic esters (lactones) is 1. The van der Waals surface area contributed by atoms with Crippen molar-refractivity contribution in [2.24, 2.45) is 11.8 Å². The van der Waals surface area contributed by atoms with E-state index in [1.165, 1.54) is 33.5 Å². The maximum absolute atomic E-state index is 13.3. The van der Waals surface area contributed by atoms with Crippen LogP contribution in [0.25, 0.3) is 0 Å². The first-order chi connectivity index (χ1) is 18.1. The van der Waals surface area contributed by atoms with Gasteiger partial charge in [0.25, 0.3) is 0 Å². The molecule has 9 nitrogen and oxygen atoms in total. The minimum atomic E-state index is -0.403. The molecule has 0 unspecified atom stereocenters. The van der Waals surface area contributed by atoms with Crippen LogP contribution in [0.3, 0.4) is 0 Å². The summed E-state index contributed by atoms with van der Waals surface area (Å²) in [6.45, 7) is 4.59. The summed E-state index contributed by atoms with van der Waals surface area (Å²) in [5, 5.41) is 14.3. The van der Waals surface area contributed by atoms with Gasteiger partial charge in [-0.15, -0.1) is 0 Å². The molecule has 0 radical (unpaired) electrons. The Morgan fingerprint density at radius 2 is 1.65 bits per heavy atom. The van der Waals surface area contributed by atoms with Crippen LogP contribution in [0.15, 0.2) is 24.3 Å². The molecular formula is C28H34N2O7. The highest BCUT2D eigenvalue weighted by Crippen LogP contribution is 2.55. The molecule has 198 valence electrons. The van der Waals surface area contributed by atoms with Gasteiger partial charge in [-0.2, -0.15) is 0 Å². The second kappa shape index (κ2) is 9.95. The summed E-state index contributed by atoms with van der Waals surface area (Å²) in [4.78, 5) is 15.8. The van der Waals surface area contributed by atoms with E-state index in [1.807, 2.05) is 6.07 Å². The number of nitrogens with one attached hydrogen (secondary N) is 1.